The molecule has 1 aromatic carbocycles. The van der Waals surface area contributed by atoms with Gasteiger partial charge in [0, 0.05) is 28.6 Å². The summed E-state index contributed by atoms with van der Waals surface area (Å²) in [4.78, 5) is 23.8. The highest BCUT2D eigenvalue weighted by Gasteiger charge is 2.41. The molecule has 2 atom stereocenters. The number of halogens is 2. The molecule has 2 rings (SSSR count). The average Bonchev–Trinajstić information content (AvgIpc) is 2.37. The van der Waals surface area contributed by atoms with Gasteiger partial charge in [0.25, 0.3) is 0 Å². The van der Waals surface area contributed by atoms with Crippen LogP contribution in [0.3, 0.4) is 0 Å². The van der Waals surface area contributed by atoms with Gasteiger partial charge in [-0.1, -0.05) is 24.2 Å². The fourth-order valence-electron chi connectivity index (χ4n) is 2.54. The van der Waals surface area contributed by atoms with Gasteiger partial charge in [0.05, 0.1) is 6.61 Å². The maximum Gasteiger partial charge on any atom is 0.315 e. The lowest BCUT2D eigenvalue weighted by atomic mass is 9.79. The van der Waals surface area contributed by atoms with Crippen molar-refractivity contribution >= 4 is 23.5 Å². The molecular weight excluding hydrogens is 297 g/mol. The molecule has 1 aliphatic rings. The van der Waals surface area contributed by atoms with Crippen molar-refractivity contribution in [3.8, 4) is 0 Å². The zero-order valence-electron chi connectivity index (χ0n) is 11.5. The van der Waals surface area contributed by atoms with Gasteiger partial charge in [0.1, 0.15) is 11.7 Å². The highest BCUT2D eigenvalue weighted by atomic mass is 35.5. The molecule has 1 aromatic rings. The second-order valence-corrected chi connectivity index (χ2v) is 5.16. The summed E-state index contributed by atoms with van der Waals surface area (Å²) in [5.74, 6) is -3.00. The summed E-state index contributed by atoms with van der Waals surface area (Å²) in [7, 11) is 0. The van der Waals surface area contributed by atoms with Crippen LogP contribution in [-0.4, -0.2) is 18.5 Å². The van der Waals surface area contributed by atoms with Crippen LogP contribution >= 0.6 is 11.6 Å². The molecular formula is C15H15ClFNO3. The van der Waals surface area contributed by atoms with E-state index < -0.39 is 23.6 Å². The number of amides is 1. The van der Waals surface area contributed by atoms with E-state index in [2.05, 4.69) is 11.9 Å². The topological polar surface area (TPSA) is 55.4 Å². The molecule has 0 aliphatic carbocycles. The number of rotatable bonds is 3. The SMILES string of the molecule is C=C1NC(=O)CC(c2c(F)cccc2Cl)C1C(=O)OCC. The first-order chi connectivity index (χ1) is 9.95. The molecule has 0 spiro atoms. The number of carbonyl (C=O) groups excluding carboxylic acids is 2. The van der Waals surface area contributed by atoms with E-state index in [-0.39, 0.29) is 35.2 Å². The van der Waals surface area contributed by atoms with Gasteiger partial charge in [0.2, 0.25) is 5.91 Å². The molecule has 2 unspecified atom stereocenters. The number of hydrogen-bond acceptors (Lipinski definition) is 3. The first kappa shape index (κ1) is 15.5. The Morgan fingerprint density at radius 3 is 2.90 bits per heavy atom. The summed E-state index contributed by atoms with van der Waals surface area (Å²) < 4.78 is 19.1. The Balaban J connectivity index is 2.47. The minimum absolute atomic E-state index is 0.0524. The van der Waals surface area contributed by atoms with Crippen LogP contribution in [0, 0.1) is 11.7 Å². The zero-order valence-corrected chi connectivity index (χ0v) is 12.2. The molecule has 1 N–H and O–H groups in total. The maximum absolute atomic E-state index is 14.1. The third kappa shape index (κ3) is 3.08. The molecule has 0 saturated carbocycles. The van der Waals surface area contributed by atoms with Gasteiger partial charge >= 0.3 is 5.97 Å². The van der Waals surface area contributed by atoms with Gasteiger partial charge in [-0.05, 0) is 19.1 Å². The number of nitrogens with one attached hydrogen (secondary N) is 1. The lowest BCUT2D eigenvalue weighted by Gasteiger charge is -2.32. The molecule has 1 saturated heterocycles. The van der Waals surface area contributed by atoms with Crippen molar-refractivity contribution in [2.24, 2.45) is 5.92 Å². The molecule has 6 heteroatoms. The first-order valence-corrected chi connectivity index (χ1v) is 6.92. The molecule has 4 nitrogen and oxygen atoms in total. The Kier molecular flexibility index (Phi) is 4.63. The van der Waals surface area contributed by atoms with Gasteiger partial charge in [-0.2, -0.15) is 0 Å². The standard InChI is InChI=1S/C15H15ClFNO3/c1-3-21-15(20)13-8(2)18-12(19)7-9(13)14-10(16)5-4-6-11(14)17/h4-6,9,13H,2-3,7H2,1H3,(H,18,19). The molecule has 1 amide bonds. The fourth-order valence-corrected chi connectivity index (χ4v) is 2.84. The Morgan fingerprint density at radius 1 is 1.57 bits per heavy atom. The normalized spacial score (nSPS) is 21.9. The van der Waals surface area contributed by atoms with Crippen molar-refractivity contribution in [1.29, 1.82) is 0 Å². The largest absolute Gasteiger partial charge is 0.465 e. The quantitative estimate of drug-likeness (QED) is 0.873. The molecule has 0 bridgehead atoms. The molecule has 112 valence electrons. The monoisotopic (exact) mass is 311 g/mol. The third-order valence-electron chi connectivity index (χ3n) is 3.39. The van der Waals surface area contributed by atoms with E-state index in [1.165, 1.54) is 18.2 Å². The summed E-state index contributed by atoms with van der Waals surface area (Å²) in [5, 5.41) is 2.69. The Bertz CT molecular complexity index is 582. The minimum Gasteiger partial charge on any atom is -0.465 e. The Morgan fingerprint density at radius 2 is 2.29 bits per heavy atom. The molecule has 0 radical (unpaired) electrons. The molecule has 1 fully saturated rings. The summed E-state index contributed by atoms with van der Waals surface area (Å²) in [6, 6.07) is 4.24. The van der Waals surface area contributed by atoms with E-state index in [1.54, 1.807) is 6.92 Å². The highest BCUT2D eigenvalue weighted by molar-refractivity contribution is 6.31. The van der Waals surface area contributed by atoms with Gasteiger partial charge in [-0.25, -0.2) is 4.39 Å². The lowest BCUT2D eigenvalue weighted by Crippen LogP contribution is -2.41. The summed E-state index contributed by atoms with van der Waals surface area (Å²) in [6.07, 6.45) is -0.0524. The summed E-state index contributed by atoms with van der Waals surface area (Å²) >= 11 is 6.05. The van der Waals surface area contributed by atoms with Crippen LogP contribution in [0.1, 0.15) is 24.8 Å². The summed E-state index contributed by atoms with van der Waals surface area (Å²) in [5.41, 5.74) is 0.349. The van der Waals surface area contributed by atoms with Crippen molar-refractivity contribution in [2.75, 3.05) is 6.61 Å². The second-order valence-electron chi connectivity index (χ2n) is 4.75. The van der Waals surface area contributed by atoms with E-state index in [9.17, 15) is 14.0 Å². The van der Waals surface area contributed by atoms with Crippen LogP contribution in [0.15, 0.2) is 30.5 Å². The predicted molar refractivity (Wildman–Crippen MR) is 76.2 cm³/mol. The van der Waals surface area contributed by atoms with E-state index in [4.69, 9.17) is 16.3 Å². The van der Waals surface area contributed by atoms with Gasteiger partial charge < -0.3 is 10.1 Å². The van der Waals surface area contributed by atoms with Gasteiger partial charge in [0.15, 0.2) is 0 Å². The van der Waals surface area contributed by atoms with Crippen LogP contribution in [-0.2, 0) is 14.3 Å². The number of hydrogen-bond donors (Lipinski definition) is 1. The van der Waals surface area contributed by atoms with Crippen molar-refractivity contribution in [2.45, 2.75) is 19.3 Å². The Hall–Kier alpha value is -1.88. The fraction of sp³-hybridized carbons (Fsp3) is 0.333. The van der Waals surface area contributed by atoms with Crippen molar-refractivity contribution in [3.63, 3.8) is 0 Å². The smallest absolute Gasteiger partial charge is 0.315 e. The van der Waals surface area contributed by atoms with E-state index in [0.29, 0.717) is 0 Å². The van der Waals surface area contributed by atoms with Crippen molar-refractivity contribution in [3.05, 3.63) is 46.9 Å². The van der Waals surface area contributed by atoms with Crippen LogP contribution in [0.25, 0.3) is 0 Å². The van der Waals surface area contributed by atoms with Crippen molar-refractivity contribution < 1.29 is 18.7 Å². The maximum atomic E-state index is 14.1. The van der Waals surface area contributed by atoms with Crippen LogP contribution in [0.4, 0.5) is 4.39 Å². The van der Waals surface area contributed by atoms with E-state index >= 15 is 0 Å². The molecule has 1 heterocycles. The average molecular weight is 312 g/mol. The number of ether oxygens (including phenoxy) is 1. The predicted octanol–water partition coefficient (Wildman–Crippen LogP) is 2.78. The van der Waals surface area contributed by atoms with Crippen molar-refractivity contribution in [1.82, 2.24) is 5.32 Å². The van der Waals surface area contributed by atoms with Gasteiger partial charge in [-0.3, -0.25) is 9.59 Å². The van der Waals surface area contributed by atoms with Crippen LogP contribution < -0.4 is 5.32 Å². The lowest BCUT2D eigenvalue weighted by molar-refractivity contribution is -0.148. The summed E-state index contributed by atoms with van der Waals surface area (Å²) in [6.45, 7) is 5.55. The number of piperidine rings is 1. The van der Waals surface area contributed by atoms with Gasteiger partial charge in [-0.15, -0.1) is 0 Å². The van der Waals surface area contributed by atoms with Crippen LogP contribution in [0.2, 0.25) is 5.02 Å². The second kappa shape index (κ2) is 6.26. The van der Waals surface area contributed by atoms with E-state index in [1.807, 2.05) is 0 Å². The van der Waals surface area contributed by atoms with Crippen LogP contribution in [0.5, 0.6) is 0 Å². The first-order valence-electron chi connectivity index (χ1n) is 6.54. The minimum atomic E-state index is -0.850. The number of esters is 1. The number of benzene rings is 1. The number of carbonyl (C=O) groups is 2. The highest BCUT2D eigenvalue weighted by Crippen LogP contribution is 2.40. The molecule has 0 aromatic heterocycles. The molecule has 1 aliphatic heterocycles. The zero-order chi connectivity index (χ0) is 15.6. The molecule has 21 heavy (non-hydrogen) atoms. The van der Waals surface area contributed by atoms with E-state index in [0.717, 1.165) is 0 Å². The third-order valence-corrected chi connectivity index (χ3v) is 3.72. The Labute approximate surface area is 126 Å².